The highest BCUT2D eigenvalue weighted by atomic mass is 16.7. The van der Waals surface area contributed by atoms with Crippen molar-refractivity contribution in [1.29, 1.82) is 0 Å². The summed E-state index contributed by atoms with van der Waals surface area (Å²) in [5, 5.41) is 57.7. The van der Waals surface area contributed by atoms with Crippen LogP contribution in [-0.2, 0) is 33.2 Å². The van der Waals surface area contributed by atoms with E-state index in [-0.39, 0.29) is 55.0 Å². The lowest BCUT2D eigenvalue weighted by atomic mass is 9.46. The molecule has 2 aromatic rings. The van der Waals surface area contributed by atoms with Crippen molar-refractivity contribution in [2.45, 2.75) is 152 Å². The molecule has 67 heavy (non-hydrogen) atoms. The van der Waals surface area contributed by atoms with E-state index in [1.54, 1.807) is 36.4 Å². The van der Waals surface area contributed by atoms with E-state index >= 15 is 0 Å². The Labute approximate surface area is 391 Å². The molecule has 0 bridgehead atoms. The quantitative estimate of drug-likeness (QED) is 0.104. The number of aliphatic hydroxyl groups is 5. The average molecular weight is 937 g/mol. The first kappa shape index (κ1) is 49.3. The third-order valence-electron chi connectivity index (χ3n) is 16.6. The van der Waals surface area contributed by atoms with Crippen LogP contribution >= 0.6 is 0 Å². The van der Waals surface area contributed by atoms with Crippen LogP contribution in [-0.4, -0.2) is 138 Å². The first-order valence-electron chi connectivity index (χ1n) is 23.8. The lowest BCUT2D eigenvalue weighted by Gasteiger charge is -2.59. The smallest absolute Gasteiger partial charge is 0.338 e. The van der Waals surface area contributed by atoms with E-state index in [0.29, 0.717) is 42.2 Å². The maximum atomic E-state index is 13.6. The second kappa shape index (κ2) is 19.7. The third-order valence-corrected chi connectivity index (χ3v) is 16.6. The molecule has 6 aliphatic rings. The summed E-state index contributed by atoms with van der Waals surface area (Å²) in [5.41, 5.74) is -0.689. The van der Waals surface area contributed by atoms with Crippen LogP contribution in [0.1, 0.15) is 106 Å². The third kappa shape index (κ3) is 9.25. The highest BCUT2D eigenvalue weighted by Crippen LogP contribution is 2.69. The van der Waals surface area contributed by atoms with Crippen LogP contribution in [0, 0.1) is 34.5 Å². The summed E-state index contributed by atoms with van der Waals surface area (Å²) >= 11 is 0. The number of fused-ring (bicyclic) bond motifs is 5. The molecule has 4 saturated carbocycles. The number of methoxy groups -OCH3 is 2. The zero-order valence-electron chi connectivity index (χ0n) is 39.3. The summed E-state index contributed by atoms with van der Waals surface area (Å²) in [6.07, 6.45) is -4.69. The van der Waals surface area contributed by atoms with Gasteiger partial charge < -0.3 is 63.4 Å². The Balaban J connectivity index is 1.08. The summed E-state index contributed by atoms with van der Waals surface area (Å²) in [6.45, 7) is 6.99. The Morgan fingerprint density at radius 3 is 2.07 bits per heavy atom. The van der Waals surface area contributed by atoms with E-state index in [2.05, 4.69) is 19.9 Å². The van der Waals surface area contributed by atoms with Crippen molar-refractivity contribution < 1.29 is 77.8 Å². The van der Waals surface area contributed by atoms with Crippen LogP contribution in [0.4, 0.5) is 0 Å². The van der Waals surface area contributed by atoms with Crippen LogP contribution in [0.2, 0.25) is 0 Å². The highest BCUT2D eigenvalue weighted by molar-refractivity contribution is 5.90. The number of ether oxygens (including phenoxy) is 8. The van der Waals surface area contributed by atoms with Crippen molar-refractivity contribution in [1.82, 2.24) is 0 Å². The maximum absolute atomic E-state index is 13.6. The van der Waals surface area contributed by atoms with Crippen molar-refractivity contribution in [3.05, 3.63) is 71.3 Å². The summed E-state index contributed by atoms with van der Waals surface area (Å²) in [4.78, 5) is 39.7. The van der Waals surface area contributed by atoms with E-state index in [1.807, 2.05) is 6.92 Å². The number of hydrogen-bond donors (Lipinski definition) is 5. The van der Waals surface area contributed by atoms with Crippen molar-refractivity contribution in [2.75, 3.05) is 27.4 Å². The van der Waals surface area contributed by atoms with Gasteiger partial charge in [0.1, 0.15) is 35.4 Å². The molecule has 0 aromatic heterocycles. The molecular formula is C51H68O16. The fourth-order valence-corrected chi connectivity index (χ4v) is 12.9. The van der Waals surface area contributed by atoms with Gasteiger partial charge in [-0.3, -0.25) is 4.79 Å². The molecule has 3 unspecified atom stereocenters. The minimum absolute atomic E-state index is 0.0628. The molecule has 1 saturated heterocycles. The molecule has 368 valence electrons. The number of benzene rings is 2. The summed E-state index contributed by atoms with van der Waals surface area (Å²) in [5.74, 6) is -1.26. The van der Waals surface area contributed by atoms with Gasteiger partial charge in [-0.05, 0) is 129 Å². The van der Waals surface area contributed by atoms with Gasteiger partial charge in [0.25, 0.3) is 0 Å². The topological polar surface area (TPSA) is 226 Å². The number of allylic oxidation sites excluding steroid dienone is 1. The number of aliphatic hydroxyl groups excluding tert-OH is 4. The van der Waals surface area contributed by atoms with Crippen LogP contribution in [0.5, 0.6) is 11.5 Å². The van der Waals surface area contributed by atoms with Crippen molar-refractivity contribution in [3.63, 3.8) is 0 Å². The van der Waals surface area contributed by atoms with Crippen molar-refractivity contribution in [3.8, 4) is 11.5 Å². The van der Waals surface area contributed by atoms with E-state index in [0.717, 1.165) is 25.7 Å². The molecule has 17 atom stereocenters. The molecule has 5 N–H and O–H groups in total. The SMILES string of the molecule is COc1ccc(C(=O)OC[C@@H](C)[C@@]2(O)[C@@H](O[C@@H]3OC[C@H](O)[C@H](O[C@@H]4CC[C@@H](O)[C@H](O)[C@H]4OC(=O)c4ccc(OC)cc4)[C@H]3OC(C)=O)CC3C4CC=C5C[C@@H](O)CC[C@]5(C)C4CC[C@@]32C)cc1. The normalized spacial score (nSPS) is 39.6. The number of hydrogen-bond acceptors (Lipinski definition) is 16. The predicted molar refractivity (Wildman–Crippen MR) is 239 cm³/mol. The monoisotopic (exact) mass is 936 g/mol. The van der Waals surface area contributed by atoms with Gasteiger partial charge in [0.2, 0.25) is 0 Å². The number of carbonyl (C=O) groups excluding carboxylic acids is 3. The van der Waals surface area contributed by atoms with Crippen LogP contribution in [0.15, 0.2) is 60.2 Å². The van der Waals surface area contributed by atoms with Gasteiger partial charge in [0, 0.05) is 18.3 Å². The van der Waals surface area contributed by atoms with E-state index in [4.69, 9.17) is 37.9 Å². The van der Waals surface area contributed by atoms with Gasteiger partial charge in [-0.2, -0.15) is 0 Å². The van der Waals surface area contributed by atoms with Crippen LogP contribution in [0.3, 0.4) is 0 Å². The lowest BCUT2D eigenvalue weighted by molar-refractivity contribution is -0.321. The summed E-state index contributed by atoms with van der Waals surface area (Å²) < 4.78 is 47.7. The fraction of sp³-hybridized carbons (Fsp3) is 0.667. The minimum atomic E-state index is -1.63. The molecule has 0 spiro atoms. The Hall–Kier alpha value is -4.13. The molecule has 1 heterocycles. The first-order chi connectivity index (χ1) is 31.9. The Kier molecular flexibility index (Phi) is 14.5. The van der Waals surface area contributed by atoms with Gasteiger partial charge in [0.15, 0.2) is 18.5 Å². The number of carbonyl (C=O) groups is 3. The predicted octanol–water partition coefficient (Wildman–Crippen LogP) is 4.69. The Morgan fingerprint density at radius 1 is 0.776 bits per heavy atom. The van der Waals surface area contributed by atoms with Gasteiger partial charge in [-0.15, -0.1) is 0 Å². The van der Waals surface area contributed by atoms with Crippen molar-refractivity contribution in [2.24, 2.45) is 34.5 Å². The maximum Gasteiger partial charge on any atom is 0.338 e. The largest absolute Gasteiger partial charge is 0.497 e. The van der Waals surface area contributed by atoms with E-state index in [1.165, 1.54) is 38.8 Å². The highest BCUT2D eigenvalue weighted by Gasteiger charge is 2.70. The summed E-state index contributed by atoms with van der Waals surface area (Å²) in [6, 6.07) is 12.7. The molecule has 8 rings (SSSR count). The summed E-state index contributed by atoms with van der Waals surface area (Å²) in [7, 11) is 3.03. The first-order valence-corrected chi connectivity index (χ1v) is 23.8. The van der Waals surface area contributed by atoms with Gasteiger partial charge >= 0.3 is 17.9 Å². The van der Waals surface area contributed by atoms with Crippen LogP contribution in [0.25, 0.3) is 0 Å². The zero-order chi connectivity index (χ0) is 48.0. The lowest BCUT2D eigenvalue weighted by Crippen LogP contribution is -2.63. The zero-order valence-corrected chi connectivity index (χ0v) is 39.3. The van der Waals surface area contributed by atoms with Gasteiger partial charge in [-0.25, -0.2) is 9.59 Å². The van der Waals surface area contributed by atoms with Crippen molar-refractivity contribution >= 4 is 17.9 Å². The molecule has 1 aliphatic heterocycles. The average Bonchev–Trinajstić information content (AvgIpc) is 3.55. The Morgan fingerprint density at radius 2 is 1.43 bits per heavy atom. The molecule has 16 nitrogen and oxygen atoms in total. The van der Waals surface area contributed by atoms with E-state index < -0.39 is 90.0 Å². The van der Waals surface area contributed by atoms with Crippen LogP contribution < -0.4 is 9.47 Å². The second-order valence-corrected chi connectivity index (χ2v) is 20.2. The molecule has 5 aliphatic carbocycles. The minimum Gasteiger partial charge on any atom is -0.497 e. The Bertz CT molecular complexity index is 2110. The molecule has 0 amide bonds. The molecular weight excluding hydrogens is 869 g/mol. The standard InChI is InChI=1S/C51H68O16/c1-27(25-62-46(57)29-7-12-33(60-5)13-8-29)51(59)41(24-37-35-16-11-31-23-32(53)19-21-49(31,3)36(35)20-22-50(37,51)4)66-48-45(64-28(2)52)43(39(55)26-63-48)65-40-18-17-38(54)42(56)44(40)67-47(58)30-9-14-34(61-6)15-10-30/h7-15,27,32,35-45,48,53-56,59H,16-26H2,1-6H3/t27-,32+,35?,36?,37?,38-,39+,40-,41+,42+,43+,44+,45-,48+,49+,50+,51-/m1/s1. The molecule has 16 heteroatoms. The molecule has 2 aromatic carbocycles. The number of rotatable bonds is 13. The fourth-order valence-electron chi connectivity index (χ4n) is 12.9. The van der Waals surface area contributed by atoms with Gasteiger partial charge in [-0.1, -0.05) is 32.4 Å². The molecule has 5 fully saturated rings. The van der Waals surface area contributed by atoms with Gasteiger partial charge in [0.05, 0.1) is 63.0 Å². The number of esters is 3. The van der Waals surface area contributed by atoms with E-state index in [9.17, 15) is 39.9 Å². The second-order valence-electron chi connectivity index (χ2n) is 20.2. The molecule has 0 radical (unpaired) electrons.